The number of anilines is 1. The molecule has 230 valence electrons. The zero-order valence-electron chi connectivity index (χ0n) is 25.3. The second kappa shape index (κ2) is 11.9. The number of piperidine rings is 1. The number of nitrogens with zero attached hydrogens (tertiary/aromatic N) is 5. The zero-order valence-corrected chi connectivity index (χ0v) is 25.3. The van der Waals surface area contributed by atoms with E-state index in [0.717, 1.165) is 55.8 Å². The molecule has 44 heavy (non-hydrogen) atoms. The van der Waals surface area contributed by atoms with Crippen LogP contribution in [0.5, 0.6) is 5.75 Å². The third kappa shape index (κ3) is 5.57. The molecule has 2 N–H and O–H groups in total. The quantitative estimate of drug-likeness (QED) is 0.268. The van der Waals surface area contributed by atoms with Crippen LogP contribution in [0.15, 0.2) is 42.7 Å². The van der Waals surface area contributed by atoms with E-state index in [1.165, 1.54) is 37.8 Å². The van der Waals surface area contributed by atoms with Gasteiger partial charge in [-0.1, -0.05) is 6.07 Å². The Morgan fingerprint density at radius 3 is 2.48 bits per heavy atom. The van der Waals surface area contributed by atoms with Crippen LogP contribution in [-0.2, 0) is 0 Å². The van der Waals surface area contributed by atoms with Gasteiger partial charge in [0.15, 0.2) is 5.82 Å². The van der Waals surface area contributed by atoms with Gasteiger partial charge in [-0.2, -0.15) is 0 Å². The second-order valence-corrected chi connectivity index (χ2v) is 12.6. The van der Waals surface area contributed by atoms with E-state index in [2.05, 4.69) is 43.0 Å². The summed E-state index contributed by atoms with van der Waals surface area (Å²) in [6, 6.07) is 10.4. The number of hydrogen-bond acceptors (Lipinski definition) is 7. The van der Waals surface area contributed by atoms with Crippen LogP contribution < -0.4 is 10.1 Å². The van der Waals surface area contributed by atoms with Gasteiger partial charge in [0, 0.05) is 30.2 Å². The van der Waals surface area contributed by atoms with E-state index >= 15 is 4.39 Å². The molecule has 2 saturated carbocycles. The van der Waals surface area contributed by atoms with Crippen LogP contribution in [0.1, 0.15) is 84.9 Å². The first-order valence-corrected chi connectivity index (χ1v) is 15.8. The number of aromatic nitrogens is 4. The molecule has 1 aromatic carbocycles. The Hall–Kier alpha value is -3.89. The van der Waals surface area contributed by atoms with Gasteiger partial charge in [-0.25, -0.2) is 14.4 Å². The third-order valence-corrected chi connectivity index (χ3v) is 9.62. The van der Waals surface area contributed by atoms with Crippen molar-refractivity contribution in [1.29, 1.82) is 0 Å². The van der Waals surface area contributed by atoms with Gasteiger partial charge in [-0.05, 0) is 107 Å². The van der Waals surface area contributed by atoms with Gasteiger partial charge in [0.05, 0.1) is 35.4 Å². The minimum atomic E-state index is -0.748. The van der Waals surface area contributed by atoms with Crippen molar-refractivity contribution >= 4 is 22.9 Å². The number of carbonyl (C=O) groups is 1. The number of imidazole rings is 1. The summed E-state index contributed by atoms with van der Waals surface area (Å²) in [6.45, 7) is 4.00. The fourth-order valence-electron chi connectivity index (χ4n) is 7.09. The largest absolute Gasteiger partial charge is 0.496 e. The highest BCUT2D eigenvalue weighted by Crippen LogP contribution is 2.38. The molecule has 1 amide bonds. The fourth-order valence-corrected chi connectivity index (χ4v) is 7.09. The highest BCUT2D eigenvalue weighted by atomic mass is 19.1. The van der Waals surface area contributed by atoms with E-state index in [0.29, 0.717) is 41.7 Å². The number of nitrogens with one attached hydrogen (secondary N) is 1. The monoisotopic (exact) mass is 598 g/mol. The van der Waals surface area contributed by atoms with Gasteiger partial charge in [-0.15, -0.1) is 0 Å². The van der Waals surface area contributed by atoms with Crippen molar-refractivity contribution in [2.75, 3.05) is 25.5 Å². The lowest BCUT2D eigenvalue weighted by molar-refractivity contribution is 0.101. The number of fused-ring (bicyclic) bond motifs is 1. The molecular formula is C34H39FN6O3. The topological polar surface area (TPSA) is 105 Å². The summed E-state index contributed by atoms with van der Waals surface area (Å²) in [4.78, 5) is 29.8. The molecule has 4 aromatic rings. The zero-order chi connectivity index (χ0) is 30.4. The molecule has 0 unspecified atom stereocenters. The summed E-state index contributed by atoms with van der Waals surface area (Å²) < 4.78 is 23.5. The molecule has 0 radical (unpaired) electrons. The predicted octanol–water partition coefficient (Wildman–Crippen LogP) is 6.02. The smallest absolute Gasteiger partial charge is 0.261 e. The molecule has 3 aliphatic rings. The molecule has 3 aromatic heterocycles. The highest BCUT2D eigenvalue weighted by Gasteiger charge is 2.33. The van der Waals surface area contributed by atoms with Crippen molar-refractivity contribution in [1.82, 2.24) is 24.4 Å². The fraction of sp³-hybridized carbons (Fsp3) is 0.471. The van der Waals surface area contributed by atoms with E-state index in [1.807, 2.05) is 0 Å². The highest BCUT2D eigenvalue weighted by molar-refractivity contribution is 6.05. The van der Waals surface area contributed by atoms with E-state index in [4.69, 9.17) is 9.72 Å². The average Bonchev–Trinajstić information content (AvgIpc) is 3.84. The van der Waals surface area contributed by atoms with Crippen LogP contribution >= 0.6 is 0 Å². The van der Waals surface area contributed by atoms with Crippen LogP contribution in [-0.4, -0.2) is 67.8 Å². The van der Waals surface area contributed by atoms with Gasteiger partial charge < -0.3 is 19.3 Å². The molecule has 1 saturated heterocycles. The van der Waals surface area contributed by atoms with Gasteiger partial charge >= 0.3 is 0 Å². The van der Waals surface area contributed by atoms with Crippen LogP contribution in [0.4, 0.5) is 10.3 Å². The van der Waals surface area contributed by atoms with Crippen LogP contribution in [0.25, 0.3) is 22.3 Å². The first-order valence-electron chi connectivity index (χ1n) is 15.8. The summed E-state index contributed by atoms with van der Waals surface area (Å²) in [5.41, 5.74) is 3.78. The summed E-state index contributed by atoms with van der Waals surface area (Å²) in [6.07, 6.45) is 10.6. The number of hydrogen-bond donors (Lipinski definition) is 2. The van der Waals surface area contributed by atoms with Crippen molar-refractivity contribution in [3.8, 4) is 17.0 Å². The number of carbonyl (C=O) groups excluding carboxylic acids is 1. The maximum absolute atomic E-state index is 16.0. The number of amides is 1. The number of rotatable bonds is 7. The van der Waals surface area contributed by atoms with Gasteiger partial charge in [0.25, 0.3) is 5.91 Å². The maximum Gasteiger partial charge on any atom is 0.261 e. The minimum Gasteiger partial charge on any atom is -0.496 e. The molecule has 3 fully saturated rings. The van der Waals surface area contributed by atoms with E-state index < -0.39 is 11.7 Å². The second-order valence-electron chi connectivity index (χ2n) is 12.6. The number of aliphatic hydroxyl groups is 1. The van der Waals surface area contributed by atoms with Crippen LogP contribution in [0.3, 0.4) is 0 Å². The summed E-state index contributed by atoms with van der Waals surface area (Å²) in [5.74, 6) is -0.0563. The molecule has 2 aliphatic carbocycles. The number of aryl methyl sites for hydroxylation is 1. The van der Waals surface area contributed by atoms with Gasteiger partial charge in [-0.3, -0.25) is 15.1 Å². The number of benzene rings is 1. The van der Waals surface area contributed by atoms with Crippen LogP contribution in [0.2, 0.25) is 0 Å². The Balaban J connectivity index is 1.22. The van der Waals surface area contributed by atoms with E-state index in [1.54, 1.807) is 19.2 Å². The summed E-state index contributed by atoms with van der Waals surface area (Å²) in [7, 11) is 1.50. The first-order chi connectivity index (χ1) is 21.4. The number of likely N-dealkylation sites (tertiary alicyclic amines) is 1. The van der Waals surface area contributed by atoms with Crippen molar-refractivity contribution < 1.29 is 19.0 Å². The Morgan fingerprint density at radius 1 is 1.00 bits per heavy atom. The number of aliphatic hydroxyl groups excluding tert-OH is 1. The number of pyridine rings is 2. The first kappa shape index (κ1) is 28.9. The van der Waals surface area contributed by atoms with Crippen molar-refractivity contribution in [3.63, 3.8) is 0 Å². The SMILES string of the molecule is COc1ccncc1-c1nc(C)cc(C(=O)Nc2nc3cc(C4CCN(C5CC5)CC4)ccc3n2[C@H]2CC[C@@H](O)CC2)c1F. The van der Waals surface area contributed by atoms with E-state index in [-0.39, 0.29) is 23.4 Å². The lowest BCUT2D eigenvalue weighted by atomic mass is 9.89. The van der Waals surface area contributed by atoms with Crippen molar-refractivity contribution in [3.05, 3.63) is 65.4 Å². The predicted molar refractivity (Wildman–Crippen MR) is 166 cm³/mol. The molecule has 0 spiro atoms. The summed E-state index contributed by atoms with van der Waals surface area (Å²) in [5, 5.41) is 13.1. The van der Waals surface area contributed by atoms with E-state index in [9.17, 15) is 9.90 Å². The van der Waals surface area contributed by atoms with Crippen LogP contribution in [0, 0.1) is 12.7 Å². The molecule has 1 aliphatic heterocycles. The lowest BCUT2D eigenvalue weighted by Gasteiger charge is -2.32. The molecule has 0 bridgehead atoms. The molecular weight excluding hydrogens is 559 g/mol. The Labute approximate surface area is 256 Å². The maximum atomic E-state index is 16.0. The Morgan fingerprint density at radius 2 is 1.75 bits per heavy atom. The molecule has 0 atom stereocenters. The number of halogens is 1. The molecule has 4 heterocycles. The van der Waals surface area contributed by atoms with Crippen molar-refractivity contribution in [2.24, 2.45) is 0 Å². The summed E-state index contributed by atoms with van der Waals surface area (Å²) >= 11 is 0. The Kier molecular flexibility index (Phi) is 7.80. The van der Waals surface area contributed by atoms with Gasteiger partial charge in [0.2, 0.25) is 5.95 Å². The van der Waals surface area contributed by atoms with Crippen molar-refractivity contribution in [2.45, 2.75) is 82.4 Å². The number of methoxy groups -OCH3 is 1. The normalized spacial score (nSPS) is 21.5. The minimum absolute atomic E-state index is 0.00671. The molecule has 7 rings (SSSR count). The molecule has 10 heteroatoms. The third-order valence-electron chi connectivity index (χ3n) is 9.62. The standard InChI is InChI=1S/C34H39FN6O3/c1-20-17-26(31(35)32(37-20)27-19-36-14-11-30(27)44-2)33(43)39-34-38-28-18-22(21-12-15-40(16-13-21)23-4-5-23)3-10-29(28)41(34)24-6-8-25(42)9-7-24/h3,10-11,14,17-19,21,23-25,42H,4-9,12-13,15-16H2,1-2H3,(H,38,39,43)/t24-,25+. The lowest BCUT2D eigenvalue weighted by Crippen LogP contribution is -2.34. The Bertz CT molecular complexity index is 1690. The average molecular weight is 599 g/mol. The van der Waals surface area contributed by atoms with Gasteiger partial charge in [0.1, 0.15) is 11.4 Å². The molecule has 9 nitrogen and oxygen atoms in total. The number of ether oxygens (including phenoxy) is 1.